The van der Waals surface area contributed by atoms with Gasteiger partial charge in [-0.25, -0.2) is 13.8 Å². The second-order valence-corrected chi connectivity index (χ2v) is 12.9. The Morgan fingerprint density at radius 3 is 2.30 bits per heavy atom. The van der Waals surface area contributed by atoms with E-state index in [1.54, 1.807) is 12.1 Å². The zero-order valence-corrected chi connectivity index (χ0v) is 22.2. The molecule has 1 amide bonds. The fourth-order valence-electron chi connectivity index (χ4n) is 7.07. The van der Waals surface area contributed by atoms with Crippen LogP contribution in [0.3, 0.4) is 0 Å². The molecule has 0 aliphatic heterocycles. The van der Waals surface area contributed by atoms with Crippen LogP contribution in [0, 0.1) is 17.8 Å². The number of carbonyl (C=O) groups excluding carboxylic acids is 1. The number of ether oxygens (including phenoxy) is 1. The van der Waals surface area contributed by atoms with Crippen molar-refractivity contribution in [1.29, 1.82) is 0 Å². The smallest absolute Gasteiger partial charge is 0.260 e. The first-order valence-electron chi connectivity index (χ1n) is 13.0. The highest BCUT2D eigenvalue weighted by atomic mass is 32.2. The van der Waals surface area contributed by atoms with Crippen LogP contribution in [0.2, 0.25) is 0 Å². The largest absolute Gasteiger partial charge is 0.504 e. The number of hydrogen-bond donors (Lipinski definition) is 2. The molecule has 6 rings (SSSR count). The Bertz CT molecular complexity index is 1250. The van der Waals surface area contributed by atoms with Crippen LogP contribution < -0.4 is 14.5 Å². The van der Waals surface area contributed by atoms with Gasteiger partial charge in [-0.05, 0) is 110 Å². The summed E-state index contributed by atoms with van der Waals surface area (Å²) in [5.74, 6) is 2.26. The highest BCUT2D eigenvalue weighted by Crippen LogP contribution is 2.60. The predicted molar refractivity (Wildman–Crippen MR) is 143 cm³/mol. The molecule has 0 atom stereocenters. The fraction of sp³-hybridized carbons (Fsp3) is 0.500. The molecule has 8 nitrogen and oxygen atoms in total. The first-order chi connectivity index (χ1) is 17.6. The van der Waals surface area contributed by atoms with E-state index in [1.807, 2.05) is 19.1 Å². The van der Waals surface area contributed by atoms with Gasteiger partial charge < -0.3 is 9.84 Å². The second kappa shape index (κ2) is 10.0. The Hall–Kier alpha value is -3.07. The van der Waals surface area contributed by atoms with Crippen LogP contribution in [0.15, 0.2) is 47.6 Å². The highest BCUT2D eigenvalue weighted by molar-refractivity contribution is 7.92. The van der Waals surface area contributed by atoms with Crippen LogP contribution in [0.25, 0.3) is 0 Å². The molecule has 0 spiro atoms. The number of nitrogens with one attached hydrogen (secondary N) is 1. The summed E-state index contributed by atoms with van der Waals surface area (Å²) in [5.41, 5.74) is 5.00. The standard InChI is InChI=1S/C28H35N3O5S/c1-3-36-26-13-19(4-9-25(26)32)17-29-30-27(33)18-31(37(2,34)35)24-7-5-23(6-8-24)28-14-20-10-21(15-28)12-22(11-20)16-28/h4-9,13,17,20-22,32H,3,10-12,14-16,18H2,1-2H3,(H,30,33)/b29-17-. The van der Waals surface area contributed by atoms with Gasteiger partial charge >= 0.3 is 0 Å². The maximum atomic E-state index is 12.6. The Balaban J connectivity index is 1.26. The number of phenols is 1. The highest BCUT2D eigenvalue weighted by Gasteiger charge is 2.51. The summed E-state index contributed by atoms with van der Waals surface area (Å²) in [5, 5.41) is 13.7. The Labute approximate surface area is 218 Å². The van der Waals surface area contributed by atoms with E-state index in [2.05, 4.69) is 22.7 Å². The summed E-state index contributed by atoms with van der Waals surface area (Å²) in [7, 11) is -3.69. The van der Waals surface area contributed by atoms with Gasteiger partial charge in [0.1, 0.15) is 6.54 Å². The molecule has 4 aliphatic rings. The van der Waals surface area contributed by atoms with Crippen molar-refractivity contribution < 1.29 is 23.1 Å². The monoisotopic (exact) mass is 525 g/mol. The normalized spacial score (nSPS) is 26.4. The number of nitrogens with zero attached hydrogens (tertiary/aromatic N) is 2. The maximum absolute atomic E-state index is 12.6. The quantitative estimate of drug-likeness (QED) is 0.377. The molecule has 4 bridgehead atoms. The molecule has 4 saturated carbocycles. The van der Waals surface area contributed by atoms with Gasteiger partial charge in [0.15, 0.2) is 11.5 Å². The van der Waals surface area contributed by atoms with Gasteiger partial charge in [-0.1, -0.05) is 12.1 Å². The number of phenolic OH excluding ortho intramolecular Hbond substituents is 1. The lowest BCUT2D eigenvalue weighted by molar-refractivity contribution is -0.119. The van der Waals surface area contributed by atoms with Gasteiger partial charge in [0, 0.05) is 0 Å². The first-order valence-corrected chi connectivity index (χ1v) is 14.9. The number of anilines is 1. The van der Waals surface area contributed by atoms with Crippen molar-refractivity contribution in [3.05, 3.63) is 53.6 Å². The van der Waals surface area contributed by atoms with Gasteiger partial charge in [-0.2, -0.15) is 5.10 Å². The van der Waals surface area contributed by atoms with Gasteiger partial charge in [0.05, 0.1) is 24.8 Å². The molecular weight excluding hydrogens is 490 g/mol. The molecule has 4 aliphatic carbocycles. The number of hydrazone groups is 1. The Morgan fingerprint density at radius 2 is 1.73 bits per heavy atom. The Kier molecular flexibility index (Phi) is 6.91. The minimum Gasteiger partial charge on any atom is -0.504 e. The zero-order chi connectivity index (χ0) is 26.2. The van der Waals surface area contributed by atoms with E-state index in [1.165, 1.54) is 56.4 Å². The number of aromatic hydroxyl groups is 1. The number of sulfonamides is 1. The molecule has 0 aromatic heterocycles. The molecule has 0 radical (unpaired) electrons. The SMILES string of the molecule is CCOc1cc(/C=N\NC(=O)CN(c2ccc(C34CC5CC(CC(C5)C3)C4)cc2)S(C)(=O)=O)ccc1O. The van der Waals surface area contributed by atoms with E-state index in [9.17, 15) is 18.3 Å². The number of benzene rings is 2. The molecule has 2 N–H and O–H groups in total. The van der Waals surface area contributed by atoms with Crippen LogP contribution in [0.4, 0.5) is 5.69 Å². The summed E-state index contributed by atoms with van der Waals surface area (Å²) in [4.78, 5) is 12.6. The number of hydrogen-bond acceptors (Lipinski definition) is 6. The van der Waals surface area contributed by atoms with Gasteiger partial charge in [-0.15, -0.1) is 0 Å². The Morgan fingerprint density at radius 1 is 1.11 bits per heavy atom. The van der Waals surface area contributed by atoms with E-state index in [4.69, 9.17) is 4.74 Å². The van der Waals surface area contributed by atoms with Crippen LogP contribution >= 0.6 is 0 Å². The molecule has 2 aromatic carbocycles. The third-order valence-corrected chi connectivity index (χ3v) is 9.32. The molecule has 0 saturated heterocycles. The summed E-state index contributed by atoms with van der Waals surface area (Å²) >= 11 is 0. The average molecular weight is 526 g/mol. The van der Waals surface area contributed by atoms with E-state index in [-0.39, 0.29) is 17.7 Å². The third kappa shape index (κ3) is 5.46. The van der Waals surface area contributed by atoms with Crippen LogP contribution in [-0.4, -0.2) is 45.1 Å². The van der Waals surface area contributed by atoms with Crippen molar-refractivity contribution in [1.82, 2.24) is 5.43 Å². The summed E-state index contributed by atoms with van der Waals surface area (Å²) in [6.45, 7) is 1.83. The maximum Gasteiger partial charge on any atom is 0.260 e. The minimum absolute atomic E-state index is 0.0149. The lowest BCUT2D eigenvalue weighted by atomic mass is 9.48. The first kappa shape index (κ1) is 25.6. The number of carbonyl (C=O) groups is 1. The molecule has 198 valence electrons. The van der Waals surface area contributed by atoms with Crippen molar-refractivity contribution in [2.75, 3.05) is 23.7 Å². The number of amides is 1. The minimum atomic E-state index is -3.69. The summed E-state index contributed by atoms with van der Waals surface area (Å²) in [6, 6.07) is 12.5. The van der Waals surface area contributed by atoms with Crippen LogP contribution in [0.1, 0.15) is 56.6 Å². The van der Waals surface area contributed by atoms with Crippen LogP contribution in [-0.2, 0) is 20.2 Å². The van der Waals surface area contributed by atoms with Crippen molar-refractivity contribution in [3.63, 3.8) is 0 Å². The molecule has 0 unspecified atom stereocenters. The molecule has 37 heavy (non-hydrogen) atoms. The van der Waals surface area contributed by atoms with E-state index < -0.39 is 15.9 Å². The fourth-order valence-corrected chi connectivity index (χ4v) is 7.93. The summed E-state index contributed by atoms with van der Waals surface area (Å²) in [6.07, 6.45) is 10.3. The topological polar surface area (TPSA) is 108 Å². The van der Waals surface area contributed by atoms with Crippen molar-refractivity contribution in [2.45, 2.75) is 50.9 Å². The van der Waals surface area contributed by atoms with Crippen LogP contribution in [0.5, 0.6) is 11.5 Å². The number of rotatable bonds is 9. The molecule has 9 heteroatoms. The summed E-state index contributed by atoms with van der Waals surface area (Å²) < 4.78 is 31.6. The van der Waals surface area contributed by atoms with E-state index in [0.717, 1.165) is 28.3 Å². The lowest BCUT2D eigenvalue weighted by Crippen LogP contribution is -2.48. The van der Waals surface area contributed by atoms with E-state index >= 15 is 0 Å². The predicted octanol–water partition coefficient (Wildman–Crippen LogP) is 4.18. The second-order valence-electron chi connectivity index (χ2n) is 11.0. The molecule has 2 aromatic rings. The zero-order valence-electron chi connectivity index (χ0n) is 21.4. The average Bonchev–Trinajstić information content (AvgIpc) is 2.83. The van der Waals surface area contributed by atoms with Gasteiger partial charge in [-0.3, -0.25) is 9.10 Å². The van der Waals surface area contributed by atoms with Gasteiger partial charge in [0.2, 0.25) is 10.0 Å². The molecule has 4 fully saturated rings. The van der Waals surface area contributed by atoms with Gasteiger partial charge in [0.25, 0.3) is 5.91 Å². The molecular formula is C28H35N3O5S. The van der Waals surface area contributed by atoms with Crippen molar-refractivity contribution >= 4 is 27.8 Å². The van der Waals surface area contributed by atoms with E-state index in [0.29, 0.717) is 23.6 Å². The molecule has 0 heterocycles. The van der Waals surface area contributed by atoms with Crippen molar-refractivity contribution in [3.8, 4) is 11.5 Å². The third-order valence-electron chi connectivity index (χ3n) is 8.18. The van der Waals surface area contributed by atoms with Crippen molar-refractivity contribution in [2.24, 2.45) is 22.9 Å². The lowest BCUT2D eigenvalue weighted by Gasteiger charge is -2.57.